The molecule has 2 N–H and O–H groups in total. The highest BCUT2D eigenvalue weighted by atomic mass is 16.6. The number of nitrogens with zero attached hydrogens (tertiary/aromatic N) is 3. The maximum Gasteiger partial charge on any atom is 0.426 e. The molecule has 0 aromatic carbocycles. The van der Waals surface area contributed by atoms with Gasteiger partial charge in [0.1, 0.15) is 6.10 Å². The van der Waals surface area contributed by atoms with Gasteiger partial charge in [0.05, 0.1) is 0 Å². The zero-order chi connectivity index (χ0) is 12.4. The number of aryl methyl sites for hydroxylation is 1. The van der Waals surface area contributed by atoms with Crippen molar-refractivity contribution in [1.82, 2.24) is 9.55 Å². The topological polar surface area (TPSA) is 96.2 Å². The van der Waals surface area contributed by atoms with Crippen molar-refractivity contribution in [2.75, 3.05) is 0 Å². The molecule has 0 aliphatic heterocycles. The van der Waals surface area contributed by atoms with Crippen molar-refractivity contribution in [3.05, 3.63) is 16.4 Å². The van der Waals surface area contributed by atoms with Gasteiger partial charge in [-0.25, -0.2) is 0 Å². The molecular formula is C10H16N4O3. The molecule has 1 aromatic rings. The van der Waals surface area contributed by atoms with E-state index in [2.05, 4.69) is 4.98 Å². The molecule has 7 nitrogen and oxygen atoms in total. The van der Waals surface area contributed by atoms with Gasteiger partial charge in [-0.2, -0.15) is 0 Å². The third-order valence-corrected chi connectivity index (χ3v) is 3.03. The highest BCUT2D eigenvalue weighted by Gasteiger charge is 2.27. The van der Waals surface area contributed by atoms with Crippen molar-refractivity contribution in [3.8, 4) is 5.88 Å². The molecule has 94 valence electrons. The van der Waals surface area contributed by atoms with Crippen LogP contribution in [0, 0.1) is 10.1 Å². The van der Waals surface area contributed by atoms with Crippen LogP contribution in [-0.4, -0.2) is 26.6 Å². The average molecular weight is 240 g/mol. The zero-order valence-electron chi connectivity index (χ0n) is 9.70. The first kappa shape index (κ1) is 11.8. The quantitative estimate of drug-likeness (QED) is 0.627. The van der Waals surface area contributed by atoms with E-state index < -0.39 is 4.92 Å². The van der Waals surface area contributed by atoms with Crippen LogP contribution >= 0.6 is 0 Å². The maximum atomic E-state index is 10.8. The average Bonchev–Trinajstić information content (AvgIpc) is 2.64. The molecule has 0 saturated heterocycles. The van der Waals surface area contributed by atoms with Gasteiger partial charge < -0.3 is 20.6 Å². The Bertz CT molecular complexity index is 410. The van der Waals surface area contributed by atoms with Gasteiger partial charge in [-0.3, -0.25) is 4.57 Å². The Morgan fingerprint density at radius 2 is 2.18 bits per heavy atom. The third-order valence-electron chi connectivity index (χ3n) is 3.03. The molecule has 2 rings (SSSR count). The van der Waals surface area contributed by atoms with Gasteiger partial charge in [0, 0.05) is 13.1 Å². The van der Waals surface area contributed by atoms with E-state index in [-0.39, 0.29) is 23.8 Å². The summed E-state index contributed by atoms with van der Waals surface area (Å²) in [5.74, 6) is 0.0119. The van der Waals surface area contributed by atoms with Gasteiger partial charge in [-0.15, -0.1) is 0 Å². The van der Waals surface area contributed by atoms with E-state index in [1.807, 2.05) is 0 Å². The number of hydrogen-bond donors (Lipinski definition) is 1. The minimum atomic E-state index is -0.524. The Labute approximate surface area is 98.7 Å². The predicted octanol–water partition coefficient (Wildman–Crippen LogP) is 0.977. The molecule has 0 unspecified atom stereocenters. The van der Waals surface area contributed by atoms with E-state index in [1.165, 1.54) is 10.9 Å². The number of rotatable bonds is 3. The first-order chi connectivity index (χ1) is 8.08. The minimum Gasteiger partial charge on any atom is -0.469 e. The van der Waals surface area contributed by atoms with E-state index in [0.29, 0.717) is 0 Å². The summed E-state index contributed by atoms with van der Waals surface area (Å²) in [5, 5.41) is 10.8. The molecule has 0 amide bonds. The lowest BCUT2D eigenvalue weighted by molar-refractivity contribution is -0.390. The Morgan fingerprint density at radius 1 is 1.53 bits per heavy atom. The fourth-order valence-corrected chi connectivity index (χ4v) is 2.03. The summed E-state index contributed by atoms with van der Waals surface area (Å²) in [6.45, 7) is 0. The number of hydrogen-bond acceptors (Lipinski definition) is 5. The summed E-state index contributed by atoms with van der Waals surface area (Å²) in [4.78, 5) is 13.9. The van der Waals surface area contributed by atoms with Crippen LogP contribution in [0.5, 0.6) is 5.88 Å². The van der Waals surface area contributed by atoms with Crippen molar-refractivity contribution in [1.29, 1.82) is 0 Å². The largest absolute Gasteiger partial charge is 0.469 e. The molecule has 0 atom stereocenters. The summed E-state index contributed by atoms with van der Waals surface area (Å²) in [7, 11) is 1.68. The smallest absolute Gasteiger partial charge is 0.426 e. The molecule has 1 aromatic heterocycles. The fourth-order valence-electron chi connectivity index (χ4n) is 2.03. The first-order valence-corrected chi connectivity index (χ1v) is 5.66. The van der Waals surface area contributed by atoms with E-state index >= 15 is 0 Å². The highest BCUT2D eigenvalue weighted by Crippen LogP contribution is 2.28. The Kier molecular flexibility index (Phi) is 3.28. The molecule has 0 spiro atoms. The molecule has 1 aliphatic rings. The van der Waals surface area contributed by atoms with Crippen LogP contribution in [0.25, 0.3) is 0 Å². The summed E-state index contributed by atoms with van der Waals surface area (Å²) in [6.07, 6.45) is 4.87. The van der Waals surface area contributed by atoms with Crippen molar-refractivity contribution in [2.45, 2.75) is 37.8 Å². The van der Waals surface area contributed by atoms with Crippen LogP contribution in [-0.2, 0) is 7.05 Å². The van der Waals surface area contributed by atoms with Crippen LogP contribution in [0.3, 0.4) is 0 Å². The molecule has 1 saturated carbocycles. The first-order valence-electron chi connectivity index (χ1n) is 5.66. The van der Waals surface area contributed by atoms with Crippen LogP contribution in [0.4, 0.5) is 5.82 Å². The molecular weight excluding hydrogens is 224 g/mol. The molecule has 17 heavy (non-hydrogen) atoms. The van der Waals surface area contributed by atoms with Crippen molar-refractivity contribution in [2.24, 2.45) is 12.8 Å². The molecule has 7 heteroatoms. The lowest BCUT2D eigenvalue weighted by atomic mass is 9.94. The van der Waals surface area contributed by atoms with Crippen LogP contribution in [0.2, 0.25) is 0 Å². The van der Waals surface area contributed by atoms with Gasteiger partial charge in [-0.05, 0) is 35.6 Å². The summed E-state index contributed by atoms with van der Waals surface area (Å²) >= 11 is 0. The SMILES string of the molecule is Cn1cnc([N+](=O)[O-])c1OC1CCC(N)CC1. The predicted molar refractivity (Wildman–Crippen MR) is 60.7 cm³/mol. The molecule has 0 radical (unpaired) electrons. The van der Waals surface area contributed by atoms with Gasteiger partial charge in [0.25, 0.3) is 5.88 Å². The Morgan fingerprint density at radius 3 is 2.76 bits per heavy atom. The van der Waals surface area contributed by atoms with Crippen LogP contribution < -0.4 is 10.5 Å². The molecule has 0 bridgehead atoms. The lowest BCUT2D eigenvalue weighted by Gasteiger charge is -2.26. The normalized spacial score (nSPS) is 24.6. The monoisotopic (exact) mass is 240 g/mol. The van der Waals surface area contributed by atoms with Crippen LogP contribution in [0.1, 0.15) is 25.7 Å². The number of nitrogens with two attached hydrogens (primary N) is 1. The van der Waals surface area contributed by atoms with Gasteiger partial charge in [-0.1, -0.05) is 0 Å². The highest BCUT2D eigenvalue weighted by molar-refractivity contribution is 5.33. The maximum absolute atomic E-state index is 10.8. The van der Waals surface area contributed by atoms with Gasteiger partial charge in [0.15, 0.2) is 0 Å². The summed E-state index contributed by atoms with van der Waals surface area (Å²) < 4.78 is 7.20. The summed E-state index contributed by atoms with van der Waals surface area (Å²) in [5.41, 5.74) is 5.80. The third kappa shape index (κ3) is 2.55. The second-order valence-electron chi connectivity index (χ2n) is 4.40. The lowest BCUT2D eigenvalue weighted by Crippen LogP contribution is -2.32. The zero-order valence-corrected chi connectivity index (χ0v) is 9.70. The Balaban J connectivity index is 2.08. The molecule has 1 aliphatic carbocycles. The van der Waals surface area contributed by atoms with Crippen molar-refractivity contribution in [3.63, 3.8) is 0 Å². The minimum absolute atomic E-state index is 0.00361. The van der Waals surface area contributed by atoms with E-state index in [0.717, 1.165) is 25.7 Å². The number of ether oxygens (including phenoxy) is 1. The number of nitro groups is 1. The summed E-state index contributed by atoms with van der Waals surface area (Å²) in [6, 6.07) is 0.233. The second kappa shape index (κ2) is 4.70. The van der Waals surface area contributed by atoms with Crippen molar-refractivity contribution >= 4 is 5.82 Å². The van der Waals surface area contributed by atoms with Crippen molar-refractivity contribution < 1.29 is 9.66 Å². The standard InChI is InChI=1S/C10H16N4O3/c1-13-6-12-9(14(15)16)10(13)17-8-4-2-7(11)3-5-8/h6-8H,2-5,11H2,1H3. The van der Waals surface area contributed by atoms with E-state index in [9.17, 15) is 10.1 Å². The van der Waals surface area contributed by atoms with E-state index in [4.69, 9.17) is 10.5 Å². The molecule has 1 fully saturated rings. The molecule has 1 heterocycles. The van der Waals surface area contributed by atoms with E-state index in [1.54, 1.807) is 7.05 Å². The Hall–Kier alpha value is -1.63. The fraction of sp³-hybridized carbons (Fsp3) is 0.700. The van der Waals surface area contributed by atoms with Crippen LogP contribution in [0.15, 0.2) is 6.33 Å². The number of aromatic nitrogens is 2. The van der Waals surface area contributed by atoms with Gasteiger partial charge in [0.2, 0.25) is 6.33 Å². The number of imidazole rings is 1. The second-order valence-corrected chi connectivity index (χ2v) is 4.40. The van der Waals surface area contributed by atoms with Gasteiger partial charge >= 0.3 is 5.82 Å².